The summed E-state index contributed by atoms with van der Waals surface area (Å²) in [4.78, 5) is 24.1. The lowest BCUT2D eigenvalue weighted by atomic mass is 10.2. The number of hydrogen-bond donors (Lipinski definition) is 2. The number of carbonyl (C=O) groups excluding carboxylic acids is 2. The molecule has 6 nitrogen and oxygen atoms in total. The summed E-state index contributed by atoms with van der Waals surface area (Å²) in [7, 11) is 0. The summed E-state index contributed by atoms with van der Waals surface area (Å²) in [5.41, 5.74) is 0.740. The van der Waals surface area contributed by atoms with Crippen LogP contribution in [0.5, 0.6) is 0 Å². The predicted octanol–water partition coefficient (Wildman–Crippen LogP) is 3.87. The number of anilines is 1. The zero-order chi connectivity index (χ0) is 17.4. The van der Waals surface area contributed by atoms with Crippen molar-refractivity contribution in [2.45, 2.75) is 33.2 Å². The van der Waals surface area contributed by atoms with Crippen molar-refractivity contribution in [3.63, 3.8) is 0 Å². The van der Waals surface area contributed by atoms with Crippen molar-refractivity contribution in [3.8, 4) is 0 Å². The van der Waals surface area contributed by atoms with Gasteiger partial charge >= 0.3 is 12.0 Å². The topological polar surface area (TPSA) is 80.6 Å². The molecule has 6 heteroatoms. The number of esters is 1. The molecule has 1 aromatic heterocycles. The van der Waals surface area contributed by atoms with Gasteiger partial charge in [0, 0.05) is 0 Å². The van der Waals surface area contributed by atoms with Gasteiger partial charge in [0.1, 0.15) is 11.5 Å². The van der Waals surface area contributed by atoms with Gasteiger partial charge in [-0.25, -0.2) is 9.59 Å². The van der Waals surface area contributed by atoms with Crippen molar-refractivity contribution >= 4 is 17.7 Å². The van der Waals surface area contributed by atoms with Crippen LogP contribution in [-0.4, -0.2) is 18.6 Å². The number of benzene rings is 1. The highest BCUT2D eigenvalue weighted by Crippen LogP contribution is 2.16. The van der Waals surface area contributed by atoms with Crippen LogP contribution < -0.4 is 10.6 Å². The third-order valence-electron chi connectivity index (χ3n) is 3.35. The molecule has 2 rings (SSSR count). The SMILES string of the molecule is CCCCOC(=O)c1ccccc1NC(=O)NCc1ccc(C)o1. The Labute approximate surface area is 141 Å². The van der Waals surface area contributed by atoms with Crippen LogP contribution in [0.15, 0.2) is 40.8 Å². The van der Waals surface area contributed by atoms with Crippen LogP contribution >= 0.6 is 0 Å². The normalized spacial score (nSPS) is 10.2. The van der Waals surface area contributed by atoms with E-state index in [9.17, 15) is 9.59 Å². The molecule has 0 aliphatic carbocycles. The third-order valence-corrected chi connectivity index (χ3v) is 3.35. The van der Waals surface area contributed by atoms with Crippen LogP contribution in [0.1, 0.15) is 41.6 Å². The summed E-state index contributed by atoms with van der Waals surface area (Å²) in [5, 5.41) is 5.35. The van der Waals surface area contributed by atoms with E-state index in [4.69, 9.17) is 9.15 Å². The summed E-state index contributed by atoms with van der Waals surface area (Å²) >= 11 is 0. The zero-order valence-electron chi connectivity index (χ0n) is 13.9. The van der Waals surface area contributed by atoms with Crippen LogP contribution in [-0.2, 0) is 11.3 Å². The smallest absolute Gasteiger partial charge is 0.340 e. The third kappa shape index (κ3) is 5.15. The lowest BCUT2D eigenvalue weighted by Crippen LogP contribution is -2.28. The van der Waals surface area contributed by atoms with E-state index >= 15 is 0 Å². The van der Waals surface area contributed by atoms with E-state index in [1.165, 1.54) is 0 Å². The van der Waals surface area contributed by atoms with Crippen molar-refractivity contribution in [2.75, 3.05) is 11.9 Å². The fourth-order valence-corrected chi connectivity index (χ4v) is 2.07. The molecule has 0 fully saturated rings. The second-order valence-corrected chi connectivity index (χ2v) is 5.36. The molecular weight excluding hydrogens is 308 g/mol. The number of amides is 2. The number of para-hydroxylation sites is 1. The Kier molecular flexibility index (Phi) is 6.42. The summed E-state index contributed by atoms with van der Waals surface area (Å²) in [6.07, 6.45) is 1.76. The number of unbranched alkanes of at least 4 members (excludes halogenated alkanes) is 1. The molecule has 2 aromatic rings. The molecule has 0 saturated heterocycles. The molecular formula is C18H22N2O4. The number of aryl methyl sites for hydroxylation is 1. The molecule has 128 valence electrons. The number of ether oxygens (including phenoxy) is 1. The Morgan fingerprint density at radius 1 is 1.17 bits per heavy atom. The first-order chi connectivity index (χ1) is 11.6. The fraction of sp³-hybridized carbons (Fsp3) is 0.333. The summed E-state index contributed by atoms with van der Waals surface area (Å²) in [6, 6.07) is 9.97. The number of carbonyl (C=O) groups is 2. The molecule has 2 amide bonds. The first kappa shape index (κ1) is 17.6. The van der Waals surface area contributed by atoms with Crippen LogP contribution in [0.4, 0.5) is 10.5 Å². The molecule has 0 bridgehead atoms. The molecule has 24 heavy (non-hydrogen) atoms. The van der Waals surface area contributed by atoms with E-state index in [0.29, 0.717) is 23.6 Å². The Morgan fingerprint density at radius 2 is 1.96 bits per heavy atom. The van der Waals surface area contributed by atoms with Gasteiger partial charge in [0.25, 0.3) is 0 Å². The minimum absolute atomic E-state index is 0.267. The first-order valence-electron chi connectivity index (χ1n) is 7.96. The van der Waals surface area contributed by atoms with Crippen molar-refractivity contribution in [1.29, 1.82) is 0 Å². The number of urea groups is 1. The van der Waals surface area contributed by atoms with E-state index in [1.54, 1.807) is 30.3 Å². The summed E-state index contributed by atoms with van der Waals surface area (Å²) in [5.74, 6) is 1.00. The van der Waals surface area contributed by atoms with Gasteiger partial charge in [-0.1, -0.05) is 25.5 Å². The van der Waals surface area contributed by atoms with E-state index in [2.05, 4.69) is 10.6 Å². The highest BCUT2D eigenvalue weighted by atomic mass is 16.5. The Hall–Kier alpha value is -2.76. The van der Waals surface area contributed by atoms with Crippen molar-refractivity contribution in [2.24, 2.45) is 0 Å². The van der Waals surface area contributed by atoms with E-state index in [0.717, 1.165) is 18.6 Å². The summed E-state index contributed by atoms with van der Waals surface area (Å²) < 4.78 is 10.6. The minimum atomic E-state index is -0.444. The number of rotatable bonds is 7. The zero-order valence-corrected chi connectivity index (χ0v) is 13.9. The predicted molar refractivity (Wildman–Crippen MR) is 90.9 cm³/mol. The molecule has 2 N–H and O–H groups in total. The molecule has 0 aliphatic rings. The number of hydrogen-bond acceptors (Lipinski definition) is 4. The molecule has 0 radical (unpaired) electrons. The highest BCUT2D eigenvalue weighted by molar-refractivity contribution is 6.00. The van der Waals surface area contributed by atoms with Crippen molar-refractivity contribution < 1.29 is 18.7 Å². The average molecular weight is 330 g/mol. The number of furan rings is 1. The molecule has 0 spiro atoms. The maximum Gasteiger partial charge on any atom is 0.340 e. The molecule has 1 heterocycles. The van der Waals surface area contributed by atoms with E-state index < -0.39 is 12.0 Å². The molecule has 0 unspecified atom stereocenters. The second kappa shape index (κ2) is 8.76. The number of nitrogens with one attached hydrogen (secondary N) is 2. The molecule has 0 saturated carbocycles. The van der Waals surface area contributed by atoms with Gasteiger partial charge in [-0.05, 0) is 37.6 Å². The van der Waals surface area contributed by atoms with Crippen molar-refractivity contribution in [1.82, 2.24) is 5.32 Å². The van der Waals surface area contributed by atoms with Crippen LogP contribution in [0.3, 0.4) is 0 Å². The maximum atomic E-state index is 12.1. The lowest BCUT2D eigenvalue weighted by Gasteiger charge is -2.11. The van der Waals surface area contributed by atoms with Gasteiger partial charge in [0.05, 0.1) is 24.4 Å². The Bertz CT molecular complexity index is 694. The van der Waals surface area contributed by atoms with Gasteiger partial charge in [0.2, 0.25) is 0 Å². The van der Waals surface area contributed by atoms with Gasteiger partial charge in [-0.15, -0.1) is 0 Å². The van der Waals surface area contributed by atoms with Gasteiger partial charge in [-0.3, -0.25) is 0 Å². The highest BCUT2D eigenvalue weighted by Gasteiger charge is 2.14. The largest absolute Gasteiger partial charge is 0.465 e. The first-order valence-corrected chi connectivity index (χ1v) is 7.96. The molecule has 1 aromatic carbocycles. The standard InChI is InChI=1S/C18H22N2O4/c1-3-4-11-23-17(21)15-7-5-6-8-16(15)20-18(22)19-12-14-10-9-13(2)24-14/h5-10H,3-4,11-12H2,1-2H3,(H2,19,20,22). The minimum Gasteiger partial charge on any atom is -0.465 e. The van der Waals surface area contributed by atoms with Crippen LogP contribution in [0, 0.1) is 6.92 Å². The van der Waals surface area contributed by atoms with Crippen molar-refractivity contribution in [3.05, 3.63) is 53.5 Å². The Morgan fingerprint density at radius 3 is 2.67 bits per heavy atom. The lowest BCUT2D eigenvalue weighted by molar-refractivity contribution is 0.0501. The second-order valence-electron chi connectivity index (χ2n) is 5.36. The fourth-order valence-electron chi connectivity index (χ4n) is 2.07. The maximum absolute atomic E-state index is 12.1. The monoisotopic (exact) mass is 330 g/mol. The van der Waals surface area contributed by atoms with Crippen LogP contribution in [0.25, 0.3) is 0 Å². The van der Waals surface area contributed by atoms with E-state index in [-0.39, 0.29) is 6.54 Å². The van der Waals surface area contributed by atoms with Gasteiger partial charge in [-0.2, -0.15) is 0 Å². The Balaban J connectivity index is 1.93. The molecule has 0 atom stereocenters. The molecule has 0 aliphatic heterocycles. The quantitative estimate of drug-likeness (QED) is 0.596. The average Bonchev–Trinajstić information content (AvgIpc) is 2.99. The summed E-state index contributed by atoms with van der Waals surface area (Å²) in [6.45, 7) is 4.49. The van der Waals surface area contributed by atoms with E-state index in [1.807, 2.05) is 19.9 Å². The van der Waals surface area contributed by atoms with Crippen LogP contribution in [0.2, 0.25) is 0 Å². The van der Waals surface area contributed by atoms with Gasteiger partial charge < -0.3 is 19.8 Å². The van der Waals surface area contributed by atoms with Gasteiger partial charge in [0.15, 0.2) is 0 Å².